The second-order valence-electron chi connectivity index (χ2n) is 4.33. The molecule has 0 aliphatic heterocycles. The van der Waals surface area contributed by atoms with Gasteiger partial charge in [-0.05, 0) is 29.8 Å². The van der Waals surface area contributed by atoms with Gasteiger partial charge in [0.15, 0.2) is 0 Å². The highest BCUT2D eigenvalue weighted by Crippen LogP contribution is 2.32. The van der Waals surface area contributed by atoms with Crippen molar-refractivity contribution in [2.75, 3.05) is 5.32 Å². The number of benzene rings is 2. The average Bonchev–Trinajstić information content (AvgIpc) is 2.46. The molecule has 0 aromatic heterocycles. The number of amides is 1. The molecule has 0 aliphatic carbocycles. The van der Waals surface area contributed by atoms with Crippen LogP contribution in [-0.2, 0) is 12.1 Å². The summed E-state index contributed by atoms with van der Waals surface area (Å²) in [7, 11) is 0. The lowest BCUT2D eigenvalue weighted by Gasteiger charge is -2.13. The first-order chi connectivity index (χ1) is 9.91. The van der Waals surface area contributed by atoms with Crippen molar-refractivity contribution >= 4 is 23.2 Å². The third-order valence-electron chi connectivity index (χ3n) is 2.82. The fraction of sp³-hybridized carbons (Fsp3) is 0.133. The van der Waals surface area contributed by atoms with Crippen molar-refractivity contribution in [1.29, 1.82) is 0 Å². The number of hydrogen-bond acceptors (Lipinski definition) is 1. The van der Waals surface area contributed by atoms with E-state index in [2.05, 4.69) is 5.32 Å². The van der Waals surface area contributed by atoms with Gasteiger partial charge < -0.3 is 5.32 Å². The molecule has 0 saturated carbocycles. The van der Waals surface area contributed by atoms with Crippen molar-refractivity contribution in [3.8, 4) is 0 Å². The molecule has 2 aromatic rings. The highest BCUT2D eigenvalue weighted by atomic mass is 35.5. The first kappa shape index (κ1) is 15.4. The van der Waals surface area contributed by atoms with Crippen LogP contribution in [0.4, 0.5) is 18.9 Å². The molecule has 0 atom stereocenters. The number of anilines is 1. The summed E-state index contributed by atoms with van der Waals surface area (Å²) in [6.45, 7) is 0. The molecule has 6 heteroatoms. The summed E-state index contributed by atoms with van der Waals surface area (Å²) in [5, 5.41) is 2.45. The molecule has 0 fully saturated rings. The lowest BCUT2D eigenvalue weighted by atomic mass is 10.1. The van der Waals surface area contributed by atoms with E-state index in [0.29, 0.717) is 5.69 Å². The zero-order valence-corrected chi connectivity index (χ0v) is 11.5. The molecule has 0 unspecified atom stereocenters. The Kier molecular flexibility index (Phi) is 4.53. The summed E-state index contributed by atoms with van der Waals surface area (Å²) in [4.78, 5) is 12.0. The van der Waals surface area contributed by atoms with Crippen molar-refractivity contribution in [2.45, 2.75) is 12.1 Å². The first-order valence-electron chi connectivity index (χ1n) is 6.04. The molecular formula is C15H11ClF3NO. The minimum atomic E-state index is -4.58. The number of halogens is 4. The lowest BCUT2D eigenvalue weighted by molar-refractivity contribution is -0.137. The Hall–Kier alpha value is -2.01. The van der Waals surface area contributed by atoms with E-state index < -0.39 is 23.2 Å². The SMILES string of the molecule is O=C(Nc1cccc(CCl)c1)c1ccccc1C(F)(F)F. The van der Waals surface area contributed by atoms with Crippen LogP contribution in [0.5, 0.6) is 0 Å². The molecule has 1 amide bonds. The number of rotatable bonds is 3. The Morgan fingerprint density at radius 2 is 1.81 bits per heavy atom. The molecule has 0 aliphatic rings. The normalized spacial score (nSPS) is 11.2. The number of alkyl halides is 4. The number of carbonyl (C=O) groups excluding carboxylic acids is 1. The van der Waals surface area contributed by atoms with Crippen molar-refractivity contribution in [1.82, 2.24) is 0 Å². The Morgan fingerprint density at radius 3 is 2.48 bits per heavy atom. The summed E-state index contributed by atoms with van der Waals surface area (Å²) in [5.74, 6) is -0.558. The van der Waals surface area contributed by atoms with Crippen LogP contribution in [0.1, 0.15) is 21.5 Å². The zero-order chi connectivity index (χ0) is 15.5. The van der Waals surface area contributed by atoms with Crippen LogP contribution in [-0.4, -0.2) is 5.91 Å². The summed E-state index contributed by atoms with van der Waals surface area (Å²) in [6, 6.07) is 11.3. The molecule has 2 rings (SSSR count). The number of hydrogen-bond donors (Lipinski definition) is 1. The fourth-order valence-corrected chi connectivity index (χ4v) is 2.03. The Balaban J connectivity index is 2.29. The minimum Gasteiger partial charge on any atom is -0.322 e. The van der Waals surface area contributed by atoms with E-state index in [9.17, 15) is 18.0 Å². The van der Waals surface area contributed by atoms with Crippen LogP contribution in [0.15, 0.2) is 48.5 Å². The van der Waals surface area contributed by atoms with E-state index in [-0.39, 0.29) is 5.88 Å². The van der Waals surface area contributed by atoms with Gasteiger partial charge in [0, 0.05) is 11.6 Å². The van der Waals surface area contributed by atoms with E-state index >= 15 is 0 Å². The van der Waals surface area contributed by atoms with Crippen LogP contribution in [0.3, 0.4) is 0 Å². The summed E-state index contributed by atoms with van der Waals surface area (Å²) in [5.41, 5.74) is -0.217. The van der Waals surface area contributed by atoms with E-state index in [0.717, 1.165) is 17.7 Å². The average molecular weight is 314 g/mol. The molecular weight excluding hydrogens is 303 g/mol. The summed E-state index contributed by atoms with van der Waals surface area (Å²) in [6.07, 6.45) is -4.58. The smallest absolute Gasteiger partial charge is 0.322 e. The monoisotopic (exact) mass is 313 g/mol. The molecule has 21 heavy (non-hydrogen) atoms. The quantitative estimate of drug-likeness (QED) is 0.818. The van der Waals surface area contributed by atoms with Gasteiger partial charge in [-0.1, -0.05) is 24.3 Å². The molecule has 1 N–H and O–H groups in total. The molecule has 2 nitrogen and oxygen atoms in total. The molecule has 110 valence electrons. The lowest BCUT2D eigenvalue weighted by Crippen LogP contribution is -2.18. The van der Waals surface area contributed by atoms with E-state index in [1.807, 2.05) is 0 Å². The van der Waals surface area contributed by atoms with Gasteiger partial charge >= 0.3 is 6.18 Å². The molecule has 0 heterocycles. The van der Waals surface area contributed by atoms with Crippen molar-refractivity contribution in [3.05, 3.63) is 65.2 Å². The van der Waals surface area contributed by atoms with Crippen LogP contribution in [0.25, 0.3) is 0 Å². The van der Waals surface area contributed by atoms with Crippen molar-refractivity contribution in [2.24, 2.45) is 0 Å². The van der Waals surface area contributed by atoms with E-state index in [1.165, 1.54) is 12.1 Å². The van der Waals surface area contributed by atoms with Crippen LogP contribution >= 0.6 is 11.6 Å². The van der Waals surface area contributed by atoms with Gasteiger partial charge in [-0.15, -0.1) is 11.6 Å². The van der Waals surface area contributed by atoms with Gasteiger partial charge in [0.25, 0.3) is 5.91 Å². The minimum absolute atomic E-state index is 0.253. The predicted octanol–water partition coefficient (Wildman–Crippen LogP) is 4.70. The van der Waals surface area contributed by atoms with Gasteiger partial charge in [0.2, 0.25) is 0 Å². The van der Waals surface area contributed by atoms with E-state index in [1.54, 1.807) is 24.3 Å². The third kappa shape index (κ3) is 3.76. The maximum Gasteiger partial charge on any atom is 0.417 e. The maximum absolute atomic E-state index is 12.9. The van der Waals surface area contributed by atoms with Gasteiger partial charge in [0.05, 0.1) is 11.1 Å². The Labute approximate surface area is 124 Å². The van der Waals surface area contributed by atoms with Gasteiger partial charge in [-0.25, -0.2) is 0 Å². The standard InChI is InChI=1S/C15H11ClF3NO/c16-9-10-4-3-5-11(8-10)20-14(21)12-6-1-2-7-13(12)15(17,18)19/h1-8H,9H2,(H,20,21). The highest BCUT2D eigenvalue weighted by molar-refractivity contribution is 6.17. The largest absolute Gasteiger partial charge is 0.417 e. The van der Waals surface area contributed by atoms with Crippen LogP contribution in [0, 0.1) is 0 Å². The topological polar surface area (TPSA) is 29.1 Å². The Morgan fingerprint density at radius 1 is 1.10 bits per heavy atom. The second kappa shape index (κ2) is 6.18. The number of nitrogens with one attached hydrogen (secondary N) is 1. The number of carbonyl (C=O) groups is 1. The molecule has 0 radical (unpaired) electrons. The molecule has 0 saturated heterocycles. The molecule has 0 bridgehead atoms. The van der Waals surface area contributed by atoms with Crippen molar-refractivity contribution < 1.29 is 18.0 Å². The van der Waals surface area contributed by atoms with Crippen LogP contribution < -0.4 is 5.32 Å². The predicted molar refractivity (Wildman–Crippen MR) is 75.4 cm³/mol. The van der Waals surface area contributed by atoms with E-state index in [4.69, 9.17) is 11.6 Å². The van der Waals surface area contributed by atoms with Gasteiger partial charge in [0.1, 0.15) is 0 Å². The summed E-state index contributed by atoms with van der Waals surface area (Å²) < 4.78 is 38.6. The third-order valence-corrected chi connectivity index (χ3v) is 3.12. The van der Waals surface area contributed by atoms with Gasteiger partial charge in [-0.3, -0.25) is 4.79 Å². The van der Waals surface area contributed by atoms with Crippen LogP contribution in [0.2, 0.25) is 0 Å². The highest BCUT2D eigenvalue weighted by Gasteiger charge is 2.34. The molecule has 0 spiro atoms. The first-order valence-corrected chi connectivity index (χ1v) is 6.58. The van der Waals surface area contributed by atoms with Gasteiger partial charge in [-0.2, -0.15) is 13.2 Å². The molecule has 2 aromatic carbocycles. The maximum atomic E-state index is 12.9. The summed E-state index contributed by atoms with van der Waals surface area (Å²) >= 11 is 5.68. The Bertz CT molecular complexity index is 655. The fourth-order valence-electron chi connectivity index (χ4n) is 1.86. The second-order valence-corrected chi connectivity index (χ2v) is 4.60. The van der Waals surface area contributed by atoms with Crippen molar-refractivity contribution in [3.63, 3.8) is 0 Å². The zero-order valence-electron chi connectivity index (χ0n) is 10.7.